The summed E-state index contributed by atoms with van der Waals surface area (Å²) in [6, 6.07) is 26.5. The second-order valence-corrected chi connectivity index (χ2v) is 8.73. The molecule has 0 fully saturated rings. The summed E-state index contributed by atoms with van der Waals surface area (Å²) >= 11 is 0. The maximum Gasteiger partial charge on any atom is 0.0630 e. The lowest BCUT2D eigenvalue weighted by Crippen LogP contribution is -2.28. The predicted octanol–water partition coefficient (Wildman–Crippen LogP) is 7.39. The van der Waals surface area contributed by atoms with E-state index >= 15 is 0 Å². The maximum atomic E-state index is 4.68. The van der Waals surface area contributed by atoms with Crippen molar-refractivity contribution >= 4 is 17.6 Å². The third kappa shape index (κ3) is 3.59. The van der Waals surface area contributed by atoms with Gasteiger partial charge in [0.25, 0.3) is 0 Å². The Morgan fingerprint density at radius 2 is 1.70 bits per heavy atom. The number of benzene rings is 3. The van der Waals surface area contributed by atoms with Gasteiger partial charge < -0.3 is 5.32 Å². The Morgan fingerprint density at radius 1 is 0.933 bits per heavy atom. The summed E-state index contributed by atoms with van der Waals surface area (Å²) in [6.07, 6.45) is 7.81. The summed E-state index contributed by atoms with van der Waals surface area (Å²) in [4.78, 5) is 4.68. The Balaban J connectivity index is 1.34. The van der Waals surface area contributed by atoms with Crippen LogP contribution >= 0.6 is 0 Å². The van der Waals surface area contributed by atoms with Crippen molar-refractivity contribution in [3.63, 3.8) is 0 Å². The van der Waals surface area contributed by atoms with Gasteiger partial charge in [-0.3, -0.25) is 4.99 Å². The third-order valence-electron chi connectivity index (χ3n) is 6.49. The van der Waals surface area contributed by atoms with E-state index in [1.54, 1.807) is 0 Å². The normalized spacial score (nSPS) is 22.2. The summed E-state index contributed by atoms with van der Waals surface area (Å²) in [5.41, 5.74) is 7.51. The van der Waals surface area contributed by atoms with Gasteiger partial charge in [-0.15, -0.1) is 0 Å². The van der Waals surface area contributed by atoms with Gasteiger partial charge in [-0.2, -0.15) is 0 Å². The monoisotopic (exact) mass is 392 g/mol. The van der Waals surface area contributed by atoms with E-state index in [9.17, 15) is 0 Å². The lowest BCUT2D eigenvalue weighted by Gasteiger charge is -2.37. The summed E-state index contributed by atoms with van der Waals surface area (Å²) in [5.74, 6) is 1.64. The molecule has 0 saturated carbocycles. The number of rotatable bonds is 4. The first-order chi connectivity index (χ1) is 14.7. The van der Waals surface area contributed by atoms with Gasteiger partial charge in [0, 0.05) is 17.8 Å². The van der Waals surface area contributed by atoms with Gasteiger partial charge in [-0.25, -0.2) is 0 Å². The van der Waals surface area contributed by atoms with Crippen LogP contribution in [0.2, 0.25) is 0 Å². The summed E-state index contributed by atoms with van der Waals surface area (Å²) in [6.45, 7) is 4.43. The first-order valence-corrected chi connectivity index (χ1v) is 10.9. The van der Waals surface area contributed by atoms with E-state index in [-0.39, 0.29) is 0 Å². The highest BCUT2D eigenvalue weighted by atomic mass is 15.0. The molecule has 3 aromatic rings. The molecule has 0 unspecified atom stereocenters. The molecule has 0 amide bonds. The molecule has 0 bridgehead atoms. The highest BCUT2D eigenvalue weighted by Gasteiger charge is 2.37. The molecule has 1 heterocycles. The minimum absolute atomic E-state index is 0.335. The number of allylic oxidation sites excluding steroid dienone is 2. The molecule has 0 radical (unpaired) electrons. The minimum Gasteiger partial charge on any atom is -0.378 e. The first kappa shape index (κ1) is 18.9. The Labute approximate surface area is 179 Å². The molecule has 0 aromatic heterocycles. The Morgan fingerprint density at radius 3 is 2.47 bits per heavy atom. The van der Waals surface area contributed by atoms with E-state index in [0.717, 1.165) is 17.7 Å². The summed E-state index contributed by atoms with van der Waals surface area (Å²) in [5, 5.41) is 3.80. The smallest absolute Gasteiger partial charge is 0.0630 e. The van der Waals surface area contributed by atoms with Crippen LogP contribution in [0.15, 0.2) is 89.9 Å². The van der Waals surface area contributed by atoms with Gasteiger partial charge in [-0.1, -0.05) is 80.6 Å². The fraction of sp³-hybridized carbons (Fsp3) is 0.250. The zero-order valence-electron chi connectivity index (χ0n) is 17.6. The topological polar surface area (TPSA) is 24.4 Å². The van der Waals surface area contributed by atoms with Crippen molar-refractivity contribution in [2.75, 3.05) is 5.32 Å². The number of fused-ring (bicyclic) bond motifs is 3. The van der Waals surface area contributed by atoms with Gasteiger partial charge in [-0.05, 0) is 58.7 Å². The second-order valence-electron chi connectivity index (χ2n) is 8.73. The van der Waals surface area contributed by atoms with Crippen molar-refractivity contribution in [1.82, 2.24) is 0 Å². The molecule has 0 spiro atoms. The highest BCUT2D eigenvalue weighted by Crippen LogP contribution is 2.49. The molecule has 2 aliphatic rings. The number of nitrogens with one attached hydrogen (secondary N) is 1. The molecule has 1 aliphatic heterocycles. The van der Waals surface area contributed by atoms with E-state index < -0.39 is 0 Å². The molecule has 1 aliphatic carbocycles. The average Bonchev–Trinajstić information content (AvgIpc) is 3.28. The summed E-state index contributed by atoms with van der Waals surface area (Å²) in [7, 11) is 0. The van der Waals surface area contributed by atoms with Crippen LogP contribution in [0.3, 0.4) is 0 Å². The van der Waals surface area contributed by atoms with Crippen LogP contribution in [-0.4, -0.2) is 6.21 Å². The van der Waals surface area contributed by atoms with Gasteiger partial charge >= 0.3 is 0 Å². The molecule has 2 heteroatoms. The van der Waals surface area contributed by atoms with Crippen molar-refractivity contribution in [3.05, 3.63) is 107 Å². The molecule has 30 heavy (non-hydrogen) atoms. The van der Waals surface area contributed by atoms with Crippen molar-refractivity contribution < 1.29 is 0 Å². The molecule has 150 valence electrons. The molecule has 1 N–H and O–H groups in total. The number of anilines is 1. The molecular weight excluding hydrogens is 364 g/mol. The van der Waals surface area contributed by atoms with E-state index in [1.165, 1.54) is 22.4 Å². The van der Waals surface area contributed by atoms with Crippen LogP contribution in [0.1, 0.15) is 60.4 Å². The van der Waals surface area contributed by atoms with E-state index in [4.69, 9.17) is 0 Å². The van der Waals surface area contributed by atoms with Crippen LogP contribution in [0.4, 0.5) is 11.4 Å². The number of hydrogen-bond acceptors (Lipinski definition) is 2. The van der Waals surface area contributed by atoms with E-state index in [2.05, 4.69) is 109 Å². The number of nitrogens with zero attached hydrogens (tertiary/aromatic N) is 1. The van der Waals surface area contributed by atoms with Crippen LogP contribution < -0.4 is 5.32 Å². The van der Waals surface area contributed by atoms with Gasteiger partial charge in [0.2, 0.25) is 0 Å². The van der Waals surface area contributed by atoms with Crippen LogP contribution in [0.25, 0.3) is 0 Å². The zero-order chi connectivity index (χ0) is 20.5. The van der Waals surface area contributed by atoms with Crippen molar-refractivity contribution in [2.45, 2.75) is 38.1 Å². The zero-order valence-corrected chi connectivity index (χ0v) is 17.6. The lowest BCUT2D eigenvalue weighted by molar-refractivity contribution is 0.425. The molecule has 3 atom stereocenters. The number of aliphatic imine (C=N–C) groups is 1. The van der Waals surface area contributed by atoms with Crippen LogP contribution in [0.5, 0.6) is 0 Å². The molecular formula is C28H28N2. The molecule has 5 rings (SSSR count). The van der Waals surface area contributed by atoms with Gasteiger partial charge in [0.1, 0.15) is 0 Å². The first-order valence-electron chi connectivity index (χ1n) is 10.9. The van der Waals surface area contributed by atoms with Crippen LogP contribution in [0, 0.1) is 5.92 Å². The fourth-order valence-electron chi connectivity index (χ4n) is 4.76. The van der Waals surface area contributed by atoms with E-state index in [0.29, 0.717) is 23.8 Å². The SMILES string of the molecule is CC(C)c1ccc(C=Nc2ccc([C@@H]3Nc4ccccc4[C@H]4C=CC[C@@H]43)cc2)cc1. The average molecular weight is 393 g/mol. The Bertz CT molecular complexity index is 1070. The highest BCUT2D eigenvalue weighted by molar-refractivity contribution is 5.82. The molecule has 3 aromatic carbocycles. The van der Waals surface area contributed by atoms with Crippen LogP contribution in [-0.2, 0) is 0 Å². The second kappa shape index (κ2) is 7.95. The Hall–Kier alpha value is -3.13. The van der Waals surface area contributed by atoms with Crippen molar-refractivity contribution in [2.24, 2.45) is 10.9 Å². The molecule has 2 nitrogen and oxygen atoms in total. The third-order valence-corrected chi connectivity index (χ3v) is 6.49. The maximum absolute atomic E-state index is 4.68. The van der Waals surface area contributed by atoms with Gasteiger partial charge in [0.15, 0.2) is 0 Å². The van der Waals surface area contributed by atoms with Crippen molar-refractivity contribution in [1.29, 1.82) is 0 Å². The summed E-state index contributed by atoms with van der Waals surface area (Å²) < 4.78 is 0. The van der Waals surface area contributed by atoms with Crippen molar-refractivity contribution in [3.8, 4) is 0 Å². The lowest BCUT2D eigenvalue weighted by atomic mass is 9.77. The largest absolute Gasteiger partial charge is 0.378 e. The number of para-hydroxylation sites is 1. The minimum atomic E-state index is 0.335. The van der Waals surface area contributed by atoms with E-state index in [1.807, 2.05) is 6.21 Å². The molecule has 0 saturated heterocycles. The van der Waals surface area contributed by atoms with Gasteiger partial charge in [0.05, 0.1) is 11.7 Å². The standard InChI is InChI=1S/C28H28N2/c1-19(2)21-12-10-20(11-13-21)18-29-23-16-14-22(15-17-23)28-26-8-5-7-24(26)25-6-3-4-9-27(25)30-28/h3-7,9-19,24,26,28,30H,8H2,1-2H3/t24-,26+,28+/m1/s1. The fourth-order valence-corrected chi connectivity index (χ4v) is 4.76. The Kier molecular flexibility index (Phi) is 5.00. The predicted molar refractivity (Wildman–Crippen MR) is 127 cm³/mol. The number of hydrogen-bond donors (Lipinski definition) is 1. The quantitative estimate of drug-likeness (QED) is 0.363.